The molecule has 1 N–H and O–H groups in total. The molecule has 1 atom stereocenters. The van der Waals surface area contributed by atoms with Crippen molar-refractivity contribution < 1.29 is 4.74 Å². The van der Waals surface area contributed by atoms with Crippen molar-refractivity contribution in [2.24, 2.45) is 0 Å². The predicted molar refractivity (Wildman–Crippen MR) is 79.9 cm³/mol. The molecule has 3 heteroatoms. The van der Waals surface area contributed by atoms with Gasteiger partial charge in [-0.3, -0.25) is 4.90 Å². The SMILES string of the molecule is CNC1CCCN(CCOc2c(C)cccc2C)C1. The summed E-state index contributed by atoms with van der Waals surface area (Å²) in [6.07, 6.45) is 2.58. The summed E-state index contributed by atoms with van der Waals surface area (Å²) >= 11 is 0. The van der Waals surface area contributed by atoms with Gasteiger partial charge < -0.3 is 10.1 Å². The third kappa shape index (κ3) is 3.95. The van der Waals surface area contributed by atoms with E-state index in [0.29, 0.717) is 6.04 Å². The molecule has 1 heterocycles. The smallest absolute Gasteiger partial charge is 0.125 e. The van der Waals surface area contributed by atoms with Crippen LogP contribution in [0, 0.1) is 13.8 Å². The molecule has 106 valence electrons. The minimum Gasteiger partial charge on any atom is -0.492 e. The van der Waals surface area contributed by atoms with Crippen LogP contribution in [0.5, 0.6) is 5.75 Å². The Labute approximate surface area is 116 Å². The number of piperidine rings is 1. The first kappa shape index (κ1) is 14.4. The number of hydrogen-bond acceptors (Lipinski definition) is 3. The van der Waals surface area contributed by atoms with Crippen LogP contribution in [-0.4, -0.2) is 44.2 Å². The van der Waals surface area contributed by atoms with Gasteiger partial charge in [0.1, 0.15) is 12.4 Å². The number of hydrogen-bond donors (Lipinski definition) is 1. The molecule has 1 saturated heterocycles. The Morgan fingerprint density at radius 1 is 1.32 bits per heavy atom. The highest BCUT2D eigenvalue weighted by Gasteiger charge is 2.18. The second-order valence-electron chi connectivity index (χ2n) is 5.50. The third-order valence-electron chi connectivity index (χ3n) is 3.98. The minimum absolute atomic E-state index is 0.647. The summed E-state index contributed by atoms with van der Waals surface area (Å²) < 4.78 is 5.98. The van der Waals surface area contributed by atoms with Gasteiger partial charge in [0, 0.05) is 19.1 Å². The van der Waals surface area contributed by atoms with Gasteiger partial charge in [-0.1, -0.05) is 18.2 Å². The number of aryl methyl sites for hydroxylation is 2. The van der Waals surface area contributed by atoms with Crippen molar-refractivity contribution in [1.29, 1.82) is 0 Å². The second kappa shape index (κ2) is 6.92. The average molecular weight is 262 g/mol. The fraction of sp³-hybridized carbons (Fsp3) is 0.625. The molecule has 0 radical (unpaired) electrons. The van der Waals surface area contributed by atoms with Crippen molar-refractivity contribution >= 4 is 0 Å². The minimum atomic E-state index is 0.647. The molecular formula is C16H26N2O. The standard InChI is InChI=1S/C16H26N2O/c1-13-6-4-7-14(2)16(13)19-11-10-18-9-5-8-15(12-18)17-3/h4,6-7,15,17H,5,8-12H2,1-3H3. The van der Waals surface area contributed by atoms with E-state index in [1.807, 2.05) is 0 Å². The molecule has 1 unspecified atom stereocenters. The van der Waals surface area contributed by atoms with Crippen LogP contribution in [0.2, 0.25) is 0 Å². The molecule has 0 saturated carbocycles. The van der Waals surface area contributed by atoms with E-state index >= 15 is 0 Å². The zero-order chi connectivity index (χ0) is 13.7. The van der Waals surface area contributed by atoms with Gasteiger partial charge in [-0.05, 0) is 51.4 Å². The monoisotopic (exact) mass is 262 g/mol. The average Bonchev–Trinajstić information content (AvgIpc) is 2.42. The number of likely N-dealkylation sites (tertiary alicyclic amines) is 1. The zero-order valence-corrected chi connectivity index (χ0v) is 12.4. The van der Waals surface area contributed by atoms with Gasteiger partial charge in [-0.15, -0.1) is 0 Å². The molecule has 0 bridgehead atoms. The Hall–Kier alpha value is -1.06. The van der Waals surface area contributed by atoms with Gasteiger partial charge in [0.15, 0.2) is 0 Å². The first-order valence-electron chi connectivity index (χ1n) is 7.29. The van der Waals surface area contributed by atoms with Crippen LogP contribution in [0.3, 0.4) is 0 Å². The van der Waals surface area contributed by atoms with E-state index in [0.717, 1.165) is 25.4 Å². The van der Waals surface area contributed by atoms with Crippen LogP contribution in [0.4, 0.5) is 0 Å². The molecule has 19 heavy (non-hydrogen) atoms. The van der Waals surface area contributed by atoms with E-state index in [1.54, 1.807) is 0 Å². The summed E-state index contributed by atoms with van der Waals surface area (Å²) in [6, 6.07) is 6.95. The van der Waals surface area contributed by atoms with Crippen molar-refractivity contribution in [3.05, 3.63) is 29.3 Å². The molecule has 3 nitrogen and oxygen atoms in total. The quantitative estimate of drug-likeness (QED) is 0.881. The Kier molecular flexibility index (Phi) is 5.23. The zero-order valence-electron chi connectivity index (χ0n) is 12.4. The number of nitrogens with one attached hydrogen (secondary N) is 1. The predicted octanol–water partition coefficient (Wildman–Crippen LogP) is 2.37. The molecule has 1 aromatic rings. The summed E-state index contributed by atoms with van der Waals surface area (Å²) in [7, 11) is 2.06. The van der Waals surface area contributed by atoms with Gasteiger partial charge in [0.25, 0.3) is 0 Å². The molecule has 0 aliphatic carbocycles. The maximum atomic E-state index is 5.98. The lowest BCUT2D eigenvalue weighted by Crippen LogP contribution is -2.45. The maximum Gasteiger partial charge on any atom is 0.125 e. The van der Waals surface area contributed by atoms with Crippen molar-refractivity contribution in [2.45, 2.75) is 32.7 Å². The largest absolute Gasteiger partial charge is 0.492 e. The van der Waals surface area contributed by atoms with Crippen molar-refractivity contribution in [2.75, 3.05) is 33.3 Å². The van der Waals surface area contributed by atoms with E-state index in [-0.39, 0.29) is 0 Å². The molecule has 1 aliphatic heterocycles. The van der Waals surface area contributed by atoms with Crippen LogP contribution in [-0.2, 0) is 0 Å². The number of likely N-dealkylation sites (N-methyl/N-ethyl adjacent to an activating group) is 1. The van der Waals surface area contributed by atoms with Gasteiger partial charge in [-0.2, -0.15) is 0 Å². The number of nitrogens with zero attached hydrogens (tertiary/aromatic N) is 1. The second-order valence-corrected chi connectivity index (χ2v) is 5.50. The third-order valence-corrected chi connectivity index (χ3v) is 3.98. The molecular weight excluding hydrogens is 236 g/mol. The molecule has 0 aromatic heterocycles. The molecule has 2 rings (SSSR count). The molecule has 1 fully saturated rings. The Balaban J connectivity index is 1.80. The van der Waals surface area contributed by atoms with Crippen molar-refractivity contribution in [1.82, 2.24) is 10.2 Å². The molecule has 0 spiro atoms. The van der Waals surface area contributed by atoms with Gasteiger partial charge >= 0.3 is 0 Å². The van der Waals surface area contributed by atoms with E-state index < -0.39 is 0 Å². The number of ether oxygens (including phenoxy) is 1. The van der Waals surface area contributed by atoms with Gasteiger partial charge in [-0.25, -0.2) is 0 Å². The lowest BCUT2D eigenvalue weighted by atomic mass is 10.1. The fourth-order valence-corrected chi connectivity index (χ4v) is 2.80. The summed E-state index contributed by atoms with van der Waals surface area (Å²) in [6.45, 7) is 8.37. The highest BCUT2D eigenvalue weighted by Crippen LogP contribution is 2.22. The number of para-hydroxylation sites is 1. The van der Waals surface area contributed by atoms with Crippen molar-refractivity contribution in [3.8, 4) is 5.75 Å². The van der Waals surface area contributed by atoms with Crippen molar-refractivity contribution in [3.63, 3.8) is 0 Å². The lowest BCUT2D eigenvalue weighted by molar-refractivity contribution is 0.161. The molecule has 1 aromatic carbocycles. The highest BCUT2D eigenvalue weighted by molar-refractivity contribution is 5.39. The van der Waals surface area contributed by atoms with Crippen LogP contribution >= 0.6 is 0 Å². The summed E-state index contributed by atoms with van der Waals surface area (Å²) in [4.78, 5) is 2.50. The topological polar surface area (TPSA) is 24.5 Å². The van der Waals surface area contributed by atoms with E-state index in [4.69, 9.17) is 4.74 Å². The van der Waals surface area contributed by atoms with E-state index in [2.05, 4.69) is 49.3 Å². The van der Waals surface area contributed by atoms with E-state index in [9.17, 15) is 0 Å². The van der Waals surface area contributed by atoms with Gasteiger partial charge in [0.2, 0.25) is 0 Å². The van der Waals surface area contributed by atoms with E-state index in [1.165, 1.54) is 30.5 Å². The van der Waals surface area contributed by atoms with Gasteiger partial charge in [0.05, 0.1) is 0 Å². The number of rotatable bonds is 5. The fourth-order valence-electron chi connectivity index (χ4n) is 2.80. The number of benzene rings is 1. The Morgan fingerprint density at radius 2 is 2.05 bits per heavy atom. The maximum absolute atomic E-state index is 5.98. The van der Waals surface area contributed by atoms with Crippen LogP contribution < -0.4 is 10.1 Å². The Bertz CT molecular complexity index is 385. The summed E-state index contributed by atoms with van der Waals surface area (Å²) in [5, 5.41) is 3.38. The summed E-state index contributed by atoms with van der Waals surface area (Å²) in [5.41, 5.74) is 2.46. The Morgan fingerprint density at radius 3 is 2.74 bits per heavy atom. The first-order chi connectivity index (χ1) is 9.20. The van der Waals surface area contributed by atoms with Crippen LogP contribution in [0.25, 0.3) is 0 Å². The molecule has 0 amide bonds. The van der Waals surface area contributed by atoms with Crippen LogP contribution in [0.15, 0.2) is 18.2 Å². The normalized spacial score (nSPS) is 20.5. The summed E-state index contributed by atoms with van der Waals surface area (Å²) in [5.74, 6) is 1.06. The lowest BCUT2D eigenvalue weighted by Gasteiger charge is -2.32. The first-order valence-corrected chi connectivity index (χ1v) is 7.29. The molecule has 1 aliphatic rings. The highest BCUT2D eigenvalue weighted by atomic mass is 16.5. The van der Waals surface area contributed by atoms with Crippen LogP contribution in [0.1, 0.15) is 24.0 Å².